The zero-order chi connectivity index (χ0) is 17.9. The number of imidazole rings is 1. The van der Waals surface area contributed by atoms with Crippen LogP contribution in [0, 0.1) is 0 Å². The van der Waals surface area contributed by atoms with Crippen molar-refractivity contribution in [1.29, 1.82) is 0 Å². The lowest BCUT2D eigenvalue weighted by atomic mass is 10.2. The monoisotopic (exact) mass is 349 g/mol. The Balaban J connectivity index is 1.49. The molecule has 1 amide bonds. The molecule has 25 heavy (non-hydrogen) atoms. The first-order valence-electron chi connectivity index (χ1n) is 7.41. The van der Waals surface area contributed by atoms with E-state index in [1.807, 2.05) is 28.8 Å². The van der Waals surface area contributed by atoms with Gasteiger partial charge in [0.25, 0.3) is 5.91 Å². The number of rotatable bonds is 5. The minimum atomic E-state index is -4.40. The third-order valence-corrected chi connectivity index (χ3v) is 3.43. The van der Waals surface area contributed by atoms with Crippen molar-refractivity contribution < 1.29 is 22.7 Å². The van der Waals surface area contributed by atoms with Gasteiger partial charge in [-0.1, -0.05) is 6.07 Å². The van der Waals surface area contributed by atoms with Crippen molar-refractivity contribution in [1.82, 2.24) is 14.7 Å². The Morgan fingerprint density at radius 2 is 1.92 bits per heavy atom. The van der Waals surface area contributed by atoms with E-state index in [2.05, 4.69) is 10.3 Å². The fourth-order valence-electron chi connectivity index (χ4n) is 2.20. The number of aromatic nitrogens is 2. The van der Waals surface area contributed by atoms with Gasteiger partial charge in [-0.05, 0) is 36.4 Å². The molecule has 0 radical (unpaired) electrons. The lowest BCUT2D eigenvalue weighted by Crippen LogP contribution is -2.28. The summed E-state index contributed by atoms with van der Waals surface area (Å²) in [5.74, 6) is -0.201. The average Bonchev–Trinajstić information content (AvgIpc) is 3.00. The van der Waals surface area contributed by atoms with E-state index < -0.39 is 17.6 Å². The van der Waals surface area contributed by atoms with Gasteiger partial charge in [0, 0.05) is 12.4 Å². The molecule has 1 N–H and O–H groups in total. The number of nitrogens with one attached hydrogen (secondary N) is 1. The van der Waals surface area contributed by atoms with Gasteiger partial charge in [0.15, 0.2) is 6.61 Å². The highest BCUT2D eigenvalue weighted by Crippen LogP contribution is 2.30. The van der Waals surface area contributed by atoms with Crippen molar-refractivity contribution >= 4 is 11.6 Å². The van der Waals surface area contributed by atoms with Gasteiger partial charge in [0.1, 0.15) is 11.4 Å². The molecule has 8 heteroatoms. The smallest absolute Gasteiger partial charge is 0.416 e. The molecule has 2 aromatic heterocycles. The minimum absolute atomic E-state index is 0.191. The van der Waals surface area contributed by atoms with Crippen LogP contribution in [-0.2, 0) is 17.5 Å². The van der Waals surface area contributed by atoms with Crippen molar-refractivity contribution in [3.8, 4) is 5.75 Å². The molecule has 130 valence electrons. The predicted octanol–water partition coefficient (Wildman–Crippen LogP) is 3.05. The highest BCUT2D eigenvalue weighted by atomic mass is 19.4. The Labute approximate surface area is 141 Å². The summed E-state index contributed by atoms with van der Waals surface area (Å²) in [7, 11) is 0. The number of nitrogens with zero attached hydrogens (tertiary/aromatic N) is 2. The van der Waals surface area contributed by atoms with Crippen LogP contribution in [0.4, 0.5) is 13.2 Å². The minimum Gasteiger partial charge on any atom is -0.484 e. The summed E-state index contributed by atoms with van der Waals surface area (Å²) in [6.07, 6.45) is -0.752. The number of fused-ring (bicyclic) bond motifs is 1. The molecule has 0 bridgehead atoms. The van der Waals surface area contributed by atoms with E-state index in [1.165, 1.54) is 12.1 Å². The molecule has 3 rings (SSSR count). The zero-order valence-corrected chi connectivity index (χ0v) is 13.0. The first kappa shape index (κ1) is 16.8. The van der Waals surface area contributed by atoms with Gasteiger partial charge in [-0.2, -0.15) is 13.2 Å². The first-order chi connectivity index (χ1) is 11.9. The van der Waals surface area contributed by atoms with E-state index in [4.69, 9.17) is 4.74 Å². The van der Waals surface area contributed by atoms with Gasteiger partial charge in [-0.3, -0.25) is 4.79 Å². The fraction of sp³-hybridized carbons (Fsp3) is 0.176. The summed E-state index contributed by atoms with van der Waals surface area (Å²) >= 11 is 0. The summed E-state index contributed by atoms with van der Waals surface area (Å²) in [6, 6.07) is 9.75. The van der Waals surface area contributed by atoms with Crippen LogP contribution >= 0.6 is 0 Å². The van der Waals surface area contributed by atoms with E-state index in [9.17, 15) is 18.0 Å². The maximum atomic E-state index is 12.5. The molecular formula is C17H14F3N3O2. The number of halogens is 3. The van der Waals surface area contributed by atoms with Gasteiger partial charge in [0.2, 0.25) is 0 Å². The zero-order valence-electron chi connectivity index (χ0n) is 13.0. The Morgan fingerprint density at radius 3 is 2.60 bits per heavy atom. The molecule has 3 aromatic rings. The van der Waals surface area contributed by atoms with Crippen molar-refractivity contribution in [2.75, 3.05) is 6.61 Å². The molecule has 0 aliphatic carbocycles. The molecule has 0 fully saturated rings. The van der Waals surface area contributed by atoms with Gasteiger partial charge in [-0.25, -0.2) is 4.98 Å². The van der Waals surface area contributed by atoms with E-state index in [1.54, 1.807) is 6.20 Å². The Morgan fingerprint density at radius 1 is 1.16 bits per heavy atom. The van der Waals surface area contributed by atoms with E-state index in [-0.39, 0.29) is 18.9 Å². The second-order valence-corrected chi connectivity index (χ2v) is 5.29. The third kappa shape index (κ3) is 4.28. The lowest BCUT2D eigenvalue weighted by molar-refractivity contribution is -0.137. The summed E-state index contributed by atoms with van der Waals surface area (Å²) in [6.45, 7) is -0.0599. The van der Waals surface area contributed by atoms with Crippen LogP contribution in [0.2, 0.25) is 0 Å². The topological polar surface area (TPSA) is 55.6 Å². The van der Waals surface area contributed by atoms with Crippen LogP contribution in [0.1, 0.15) is 11.3 Å². The van der Waals surface area contributed by atoms with Crippen LogP contribution < -0.4 is 10.1 Å². The van der Waals surface area contributed by atoms with Crippen LogP contribution in [0.5, 0.6) is 5.75 Å². The second-order valence-electron chi connectivity index (χ2n) is 5.29. The number of hydrogen-bond donors (Lipinski definition) is 1. The van der Waals surface area contributed by atoms with Gasteiger partial charge < -0.3 is 14.5 Å². The van der Waals surface area contributed by atoms with Crippen LogP contribution in [0.15, 0.2) is 54.9 Å². The predicted molar refractivity (Wildman–Crippen MR) is 84.0 cm³/mol. The molecule has 0 saturated carbocycles. The lowest BCUT2D eigenvalue weighted by Gasteiger charge is -2.09. The van der Waals surface area contributed by atoms with Gasteiger partial charge in [0.05, 0.1) is 17.8 Å². The average molecular weight is 349 g/mol. The molecule has 0 atom stereocenters. The maximum absolute atomic E-state index is 12.5. The maximum Gasteiger partial charge on any atom is 0.416 e. The van der Waals surface area contributed by atoms with Crippen LogP contribution in [-0.4, -0.2) is 21.9 Å². The number of carbonyl (C=O) groups excluding carboxylic acids is 1. The number of ether oxygens (including phenoxy) is 1. The Bertz CT molecular complexity index is 840. The van der Waals surface area contributed by atoms with Gasteiger partial charge in [-0.15, -0.1) is 0 Å². The van der Waals surface area contributed by atoms with Crippen LogP contribution in [0.25, 0.3) is 5.65 Å². The Hall–Kier alpha value is -3.03. The quantitative estimate of drug-likeness (QED) is 0.770. The summed E-state index contributed by atoms with van der Waals surface area (Å²) in [5, 5.41) is 2.65. The molecule has 0 saturated heterocycles. The van der Waals surface area contributed by atoms with Crippen molar-refractivity contribution in [2.45, 2.75) is 12.7 Å². The number of benzene rings is 1. The van der Waals surface area contributed by atoms with E-state index >= 15 is 0 Å². The number of carbonyl (C=O) groups is 1. The van der Waals surface area contributed by atoms with Crippen molar-refractivity contribution in [3.05, 3.63) is 66.1 Å². The molecule has 0 aliphatic rings. The Kier molecular flexibility index (Phi) is 4.60. The highest BCUT2D eigenvalue weighted by molar-refractivity contribution is 5.77. The largest absolute Gasteiger partial charge is 0.484 e. The summed E-state index contributed by atoms with van der Waals surface area (Å²) < 4.78 is 44.4. The standard InChI is InChI=1S/C17H14F3N3O2/c18-17(19,20)12-4-6-14(7-5-12)25-11-16(24)21-9-13-10-23-8-2-1-3-15(23)22-13/h1-8,10H,9,11H2,(H,21,24). The molecule has 2 heterocycles. The SMILES string of the molecule is O=C(COc1ccc(C(F)(F)F)cc1)NCc1cn2ccccc2n1. The molecular weight excluding hydrogens is 335 g/mol. The fourth-order valence-corrected chi connectivity index (χ4v) is 2.20. The van der Waals surface area contributed by atoms with Crippen molar-refractivity contribution in [3.63, 3.8) is 0 Å². The molecule has 0 aliphatic heterocycles. The first-order valence-corrected chi connectivity index (χ1v) is 7.41. The third-order valence-electron chi connectivity index (χ3n) is 3.43. The van der Waals surface area contributed by atoms with Gasteiger partial charge >= 0.3 is 6.18 Å². The van der Waals surface area contributed by atoms with Crippen molar-refractivity contribution in [2.24, 2.45) is 0 Å². The van der Waals surface area contributed by atoms with Crippen LogP contribution in [0.3, 0.4) is 0 Å². The number of pyridine rings is 1. The number of alkyl halides is 3. The number of hydrogen-bond acceptors (Lipinski definition) is 3. The molecule has 0 unspecified atom stereocenters. The second kappa shape index (κ2) is 6.84. The molecule has 0 spiro atoms. The van der Waals surface area contributed by atoms with E-state index in [0.717, 1.165) is 17.8 Å². The summed E-state index contributed by atoms with van der Waals surface area (Å²) in [4.78, 5) is 16.1. The number of amides is 1. The highest BCUT2D eigenvalue weighted by Gasteiger charge is 2.30. The molecule has 1 aromatic carbocycles. The molecule has 5 nitrogen and oxygen atoms in total. The van der Waals surface area contributed by atoms with E-state index in [0.29, 0.717) is 5.69 Å². The summed E-state index contributed by atoms with van der Waals surface area (Å²) in [5.41, 5.74) is 0.693. The normalized spacial score (nSPS) is 11.5.